The van der Waals surface area contributed by atoms with Crippen LogP contribution >= 0.6 is 0 Å². The third kappa shape index (κ3) is 2.25. The number of nitrogens with zero attached hydrogens (tertiary/aromatic N) is 1. The molecule has 0 N–H and O–H groups in total. The van der Waals surface area contributed by atoms with Crippen molar-refractivity contribution in [1.29, 1.82) is 0 Å². The van der Waals surface area contributed by atoms with Gasteiger partial charge < -0.3 is 0 Å². The number of rotatable bonds is 3. The fourth-order valence-corrected chi connectivity index (χ4v) is 1.20. The second-order valence-electron chi connectivity index (χ2n) is 3.14. The first-order valence-electron chi connectivity index (χ1n) is 4.47. The van der Waals surface area contributed by atoms with Crippen LogP contribution in [-0.2, 0) is 4.74 Å². The minimum absolute atomic E-state index is 0.426. The van der Waals surface area contributed by atoms with E-state index in [0.29, 0.717) is 12.0 Å². The summed E-state index contributed by atoms with van der Waals surface area (Å²) in [5, 5.41) is 0.937. The van der Waals surface area contributed by atoms with E-state index >= 15 is 0 Å². The summed E-state index contributed by atoms with van der Waals surface area (Å²) in [5.74, 6) is 1.61. The molecule has 0 unspecified atom stereocenters. The second-order valence-corrected chi connectivity index (χ2v) is 3.14. The van der Waals surface area contributed by atoms with Crippen LogP contribution in [0.25, 0.3) is 0 Å². The molecule has 1 aliphatic heterocycles. The zero-order chi connectivity index (χ0) is 8.27. The molecule has 1 aliphatic rings. The van der Waals surface area contributed by atoms with Crippen molar-refractivity contribution in [2.24, 2.45) is 10.9 Å². The van der Waals surface area contributed by atoms with Crippen molar-refractivity contribution >= 4 is 23.6 Å². The summed E-state index contributed by atoms with van der Waals surface area (Å²) in [6.07, 6.45) is 1.19. The first-order chi connectivity index (χ1) is 5.27. The molecule has 0 spiro atoms. The molecule has 0 fully saturated rings. The van der Waals surface area contributed by atoms with Gasteiger partial charge in [0.25, 0.3) is 0 Å². The third-order valence-corrected chi connectivity index (χ3v) is 2.33. The zero-order valence-corrected chi connectivity index (χ0v) is 7.63. The summed E-state index contributed by atoms with van der Waals surface area (Å²) in [5.41, 5.74) is 0. The molecule has 0 aliphatic carbocycles. The molecule has 58 valence electrons. The molecule has 0 aromatic rings. The molecule has 2 atom stereocenters. The van der Waals surface area contributed by atoms with E-state index < -0.39 is 0 Å². The van der Waals surface area contributed by atoms with Crippen molar-refractivity contribution in [3.63, 3.8) is 0 Å². The van der Waals surface area contributed by atoms with Gasteiger partial charge in [-0.3, -0.25) is 0 Å². The van der Waals surface area contributed by atoms with Gasteiger partial charge in [0.15, 0.2) is 0 Å². The predicted molar refractivity (Wildman–Crippen MR) is 47.2 cm³/mol. The molecule has 0 bridgehead atoms. The Morgan fingerprint density at radius 1 is 1.82 bits per heavy atom. The van der Waals surface area contributed by atoms with E-state index in [0.717, 1.165) is 17.6 Å². The summed E-state index contributed by atoms with van der Waals surface area (Å²) in [4.78, 5) is 4.47. The Kier molecular flexibility index (Phi) is 3.48. The molecule has 0 amide bonds. The van der Waals surface area contributed by atoms with Gasteiger partial charge in [0, 0.05) is 0 Å². The van der Waals surface area contributed by atoms with Crippen LogP contribution < -0.4 is 0 Å². The van der Waals surface area contributed by atoms with Crippen LogP contribution in [0, 0.1) is 5.92 Å². The maximum atomic E-state index is 5.39. The van der Waals surface area contributed by atoms with Crippen LogP contribution in [0.15, 0.2) is 4.99 Å². The number of hydrogen-bond donors (Lipinski definition) is 0. The molecule has 1 rings (SSSR count). The van der Waals surface area contributed by atoms with E-state index in [1.54, 1.807) is 0 Å². The molecular formula is C8H14LiNO. The van der Waals surface area contributed by atoms with Crippen LogP contribution in [0.3, 0.4) is 0 Å². The van der Waals surface area contributed by atoms with Crippen molar-refractivity contribution in [1.82, 2.24) is 0 Å². The van der Waals surface area contributed by atoms with Gasteiger partial charge in [-0.25, -0.2) is 0 Å². The van der Waals surface area contributed by atoms with E-state index in [9.17, 15) is 0 Å². The van der Waals surface area contributed by atoms with Crippen LogP contribution in [0.2, 0.25) is 5.09 Å². The zero-order valence-electron chi connectivity index (χ0n) is 7.63. The Hall–Kier alpha value is 0.0674. The Labute approximate surface area is 77.6 Å². The molecule has 1 heterocycles. The van der Waals surface area contributed by atoms with Gasteiger partial charge in [-0.15, -0.1) is 0 Å². The molecule has 3 heteroatoms. The van der Waals surface area contributed by atoms with Gasteiger partial charge >= 0.3 is 77.3 Å². The molecule has 0 radical (unpaired) electrons. The quantitative estimate of drug-likeness (QED) is 0.553. The third-order valence-electron chi connectivity index (χ3n) is 2.33. The molecular weight excluding hydrogens is 133 g/mol. The number of hydrogen-bond acceptors (Lipinski definition) is 2. The van der Waals surface area contributed by atoms with Crippen LogP contribution in [0.4, 0.5) is 0 Å². The van der Waals surface area contributed by atoms with Crippen molar-refractivity contribution in [2.45, 2.75) is 31.4 Å². The van der Waals surface area contributed by atoms with Crippen LogP contribution in [0.1, 0.15) is 20.3 Å². The number of ether oxygens (including phenoxy) is 1. The van der Waals surface area contributed by atoms with Gasteiger partial charge in [-0.2, -0.15) is 0 Å². The Morgan fingerprint density at radius 2 is 2.55 bits per heavy atom. The first kappa shape index (κ1) is 9.16. The minimum atomic E-state index is 0.426. The van der Waals surface area contributed by atoms with Gasteiger partial charge in [0.05, 0.1) is 0 Å². The Morgan fingerprint density at radius 3 is 3.00 bits per heavy atom. The van der Waals surface area contributed by atoms with Crippen molar-refractivity contribution in [3.8, 4) is 0 Å². The summed E-state index contributed by atoms with van der Waals surface area (Å²) in [7, 11) is 0. The maximum absolute atomic E-state index is 5.39. The van der Waals surface area contributed by atoms with E-state index in [2.05, 4.69) is 36.6 Å². The van der Waals surface area contributed by atoms with Crippen molar-refractivity contribution in [2.75, 3.05) is 6.61 Å². The summed E-state index contributed by atoms with van der Waals surface area (Å²) >= 11 is 2.08. The van der Waals surface area contributed by atoms with Gasteiger partial charge in [0.2, 0.25) is 0 Å². The van der Waals surface area contributed by atoms with Gasteiger partial charge in [-0.05, 0) is 0 Å². The molecule has 11 heavy (non-hydrogen) atoms. The van der Waals surface area contributed by atoms with Gasteiger partial charge in [0.1, 0.15) is 0 Å². The summed E-state index contributed by atoms with van der Waals surface area (Å²) in [6.45, 7) is 5.23. The normalized spacial score (nSPS) is 26.2. The Balaban J connectivity index is 2.45. The van der Waals surface area contributed by atoms with Gasteiger partial charge in [-0.1, -0.05) is 0 Å². The fourth-order valence-electron chi connectivity index (χ4n) is 1.20. The number of aliphatic imine (C=N–C) groups is 1. The summed E-state index contributed by atoms with van der Waals surface area (Å²) in [6, 6.07) is 0.426. The van der Waals surface area contributed by atoms with Crippen molar-refractivity contribution < 1.29 is 4.74 Å². The second kappa shape index (κ2) is 4.18. The Bertz CT molecular complexity index is 158. The van der Waals surface area contributed by atoms with E-state index in [1.807, 2.05) is 0 Å². The summed E-state index contributed by atoms with van der Waals surface area (Å²) < 4.78 is 5.39. The fraction of sp³-hybridized carbons (Fsp3) is 0.875. The monoisotopic (exact) mass is 147 g/mol. The molecule has 2 nitrogen and oxygen atoms in total. The standard InChI is InChI=1S/C8H14NO.Li/c1-4-6(2)8-5-10-7(3)9-8;/h6,8H,3-5H2,1-2H3;/t6-,8+;/m0./s1. The SMILES string of the molecule is [Li][CH2]C1=N[C@@H]([C@@H](C)CC)CO1. The topological polar surface area (TPSA) is 21.6 Å². The molecule has 0 saturated heterocycles. The van der Waals surface area contributed by atoms with Crippen LogP contribution in [0.5, 0.6) is 0 Å². The molecule has 0 saturated carbocycles. The average Bonchev–Trinajstić information content (AvgIpc) is 2.50. The first-order valence-corrected chi connectivity index (χ1v) is 4.47. The average molecular weight is 147 g/mol. The van der Waals surface area contributed by atoms with E-state index in [4.69, 9.17) is 4.74 Å². The van der Waals surface area contributed by atoms with Crippen LogP contribution in [-0.4, -0.2) is 36.3 Å². The molecule has 0 aromatic carbocycles. The molecule has 0 aromatic heterocycles. The van der Waals surface area contributed by atoms with E-state index in [1.165, 1.54) is 6.42 Å². The predicted octanol–water partition coefficient (Wildman–Crippen LogP) is 1.42. The van der Waals surface area contributed by atoms with Crippen molar-refractivity contribution in [3.05, 3.63) is 0 Å². The van der Waals surface area contributed by atoms with E-state index in [-0.39, 0.29) is 0 Å².